The third-order valence-electron chi connectivity index (χ3n) is 2.55. The molecule has 1 fully saturated rings. The summed E-state index contributed by atoms with van der Waals surface area (Å²) in [6, 6.07) is -0.998. The van der Waals surface area contributed by atoms with Crippen molar-refractivity contribution in [2.45, 2.75) is 36.4 Å². The average molecular weight is 193 g/mol. The van der Waals surface area contributed by atoms with Crippen molar-refractivity contribution in [1.82, 2.24) is 0 Å². The van der Waals surface area contributed by atoms with Crippen LogP contribution < -0.4 is 5.73 Å². The molecule has 0 radical (unpaired) electrons. The Bertz CT molecular complexity index is 190. The van der Waals surface area contributed by atoms with E-state index >= 15 is 0 Å². The summed E-state index contributed by atoms with van der Waals surface area (Å²) >= 11 is 0. The van der Waals surface area contributed by atoms with E-state index in [9.17, 15) is 20.4 Å². The molecule has 78 valence electrons. The number of rotatable bonds is 1. The predicted molar refractivity (Wildman–Crippen MR) is 42.6 cm³/mol. The highest BCUT2D eigenvalue weighted by Gasteiger charge is 2.49. The highest BCUT2D eigenvalue weighted by atomic mass is 16.4. The lowest BCUT2D eigenvalue weighted by Crippen LogP contribution is -2.66. The summed E-state index contributed by atoms with van der Waals surface area (Å²) in [4.78, 5) is 0. The fraction of sp³-hybridized carbons (Fsp3) is 1.00. The molecule has 6 nitrogen and oxygen atoms in total. The van der Waals surface area contributed by atoms with E-state index in [1.165, 1.54) is 0 Å². The lowest BCUT2D eigenvalue weighted by atomic mass is 9.77. The number of hydrogen-bond donors (Lipinski definition) is 6. The van der Waals surface area contributed by atoms with E-state index in [4.69, 9.17) is 10.8 Å². The minimum absolute atomic E-state index is 0.247. The highest BCUT2D eigenvalue weighted by molar-refractivity contribution is 5.03. The minimum Gasteiger partial charge on any atom is -0.393 e. The first kappa shape index (κ1) is 10.8. The molecule has 0 amide bonds. The van der Waals surface area contributed by atoms with Gasteiger partial charge in [0.05, 0.1) is 18.8 Å². The van der Waals surface area contributed by atoms with Gasteiger partial charge in [-0.15, -0.1) is 0 Å². The van der Waals surface area contributed by atoms with Crippen molar-refractivity contribution in [2.24, 2.45) is 5.73 Å². The second-order valence-corrected chi connectivity index (χ2v) is 3.55. The molecule has 0 aromatic rings. The molecule has 0 spiro atoms. The van der Waals surface area contributed by atoms with E-state index in [1.54, 1.807) is 0 Å². The van der Waals surface area contributed by atoms with Gasteiger partial charge in [0.2, 0.25) is 0 Å². The second kappa shape index (κ2) is 3.49. The highest BCUT2D eigenvalue weighted by Crippen LogP contribution is 2.28. The van der Waals surface area contributed by atoms with E-state index in [0.717, 1.165) is 0 Å². The van der Waals surface area contributed by atoms with Crippen molar-refractivity contribution in [3.63, 3.8) is 0 Å². The Hall–Kier alpha value is -0.240. The van der Waals surface area contributed by atoms with Gasteiger partial charge in [0.25, 0.3) is 0 Å². The molecule has 6 heteroatoms. The molecule has 1 rings (SSSR count). The van der Waals surface area contributed by atoms with Crippen LogP contribution in [0, 0.1) is 0 Å². The van der Waals surface area contributed by atoms with Gasteiger partial charge in [0.1, 0.15) is 17.8 Å². The first-order valence-electron chi connectivity index (χ1n) is 4.05. The van der Waals surface area contributed by atoms with Crippen molar-refractivity contribution in [2.75, 3.05) is 6.61 Å². The fourth-order valence-corrected chi connectivity index (χ4v) is 1.53. The topological polar surface area (TPSA) is 127 Å². The third-order valence-corrected chi connectivity index (χ3v) is 2.55. The minimum atomic E-state index is -1.87. The van der Waals surface area contributed by atoms with E-state index < -0.39 is 36.6 Å². The molecule has 5 atom stereocenters. The van der Waals surface area contributed by atoms with Gasteiger partial charge in [-0.25, -0.2) is 0 Å². The van der Waals surface area contributed by atoms with Crippen LogP contribution in [0.1, 0.15) is 6.42 Å². The first-order chi connectivity index (χ1) is 5.92. The van der Waals surface area contributed by atoms with Crippen LogP contribution in [0.4, 0.5) is 0 Å². The van der Waals surface area contributed by atoms with Crippen LogP contribution in [-0.2, 0) is 0 Å². The fourth-order valence-electron chi connectivity index (χ4n) is 1.53. The normalized spacial score (nSPS) is 52.2. The predicted octanol–water partition coefficient (Wildman–Crippen LogP) is -3.48. The summed E-state index contributed by atoms with van der Waals surface area (Å²) in [6.45, 7) is -0.727. The number of aliphatic hydroxyl groups excluding tert-OH is 4. The molecule has 13 heavy (non-hydrogen) atoms. The van der Waals surface area contributed by atoms with Crippen molar-refractivity contribution in [3.8, 4) is 0 Å². The van der Waals surface area contributed by atoms with Crippen LogP contribution in [0.25, 0.3) is 0 Å². The van der Waals surface area contributed by atoms with Crippen LogP contribution in [0.2, 0.25) is 0 Å². The molecule has 0 heterocycles. The monoisotopic (exact) mass is 193 g/mol. The molecular weight excluding hydrogens is 178 g/mol. The maximum absolute atomic E-state index is 9.53. The zero-order valence-corrected chi connectivity index (χ0v) is 7.04. The zero-order valence-electron chi connectivity index (χ0n) is 7.04. The van der Waals surface area contributed by atoms with E-state index in [2.05, 4.69) is 0 Å². The molecule has 1 saturated carbocycles. The van der Waals surface area contributed by atoms with Crippen LogP contribution >= 0.6 is 0 Å². The molecule has 0 unspecified atom stereocenters. The molecule has 0 aromatic heterocycles. The Morgan fingerprint density at radius 3 is 2.31 bits per heavy atom. The molecule has 7 N–H and O–H groups in total. The summed E-state index contributed by atoms with van der Waals surface area (Å²) in [5, 5.41) is 46.2. The second-order valence-electron chi connectivity index (χ2n) is 3.55. The molecule has 0 saturated heterocycles. The van der Waals surface area contributed by atoms with Gasteiger partial charge >= 0.3 is 0 Å². The van der Waals surface area contributed by atoms with Crippen molar-refractivity contribution in [1.29, 1.82) is 0 Å². The Morgan fingerprint density at radius 1 is 1.31 bits per heavy atom. The Balaban J connectivity index is 2.82. The molecule has 0 aromatic carbocycles. The summed E-state index contributed by atoms with van der Waals surface area (Å²) in [5.41, 5.74) is 3.47. The first-order valence-corrected chi connectivity index (χ1v) is 4.05. The van der Waals surface area contributed by atoms with Gasteiger partial charge in [-0.2, -0.15) is 0 Å². The SMILES string of the molecule is N[C@@H]1[C@@H](O)[C@H](O)[C@@](O)(CO)C[C@H]1O. The van der Waals surface area contributed by atoms with Crippen molar-refractivity contribution < 1.29 is 25.5 Å². The van der Waals surface area contributed by atoms with Gasteiger partial charge in [-0.05, 0) is 0 Å². The van der Waals surface area contributed by atoms with Gasteiger partial charge in [-0.1, -0.05) is 0 Å². The zero-order chi connectivity index (χ0) is 10.2. The smallest absolute Gasteiger partial charge is 0.119 e. The summed E-state index contributed by atoms with van der Waals surface area (Å²) < 4.78 is 0. The van der Waals surface area contributed by atoms with Crippen LogP contribution in [-0.4, -0.2) is 62.1 Å². The third kappa shape index (κ3) is 1.69. The molecule has 1 aliphatic carbocycles. The maximum atomic E-state index is 9.53. The molecular formula is C7H15NO5. The molecule has 0 aliphatic heterocycles. The summed E-state index contributed by atoms with van der Waals surface area (Å²) in [6.07, 6.45) is -4.34. The van der Waals surface area contributed by atoms with Crippen LogP contribution in [0.5, 0.6) is 0 Å². The molecule has 1 aliphatic rings. The van der Waals surface area contributed by atoms with Gasteiger partial charge in [-0.3, -0.25) is 0 Å². The van der Waals surface area contributed by atoms with E-state index in [0.29, 0.717) is 0 Å². The lowest BCUT2D eigenvalue weighted by Gasteiger charge is -2.43. The standard InChI is InChI=1S/C7H15NO5/c8-4-3(10)1-7(13,2-9)6(12)5(4)11/h3-6,9-13H,1-2,8H2/t3-,4+,5-,6+,7+/m1/s1. The number of nitrogens with two attached hydrogens (primary N) is 1. The summed E-state index contributed by atoms with van der Waals surface area (Å²) in [5.74, 6) is 0. The van der Waals surface area contributed by atoms with Gasteiger partial charge in [0, 0.05) is 6.42 Å². The quantitative estimate of drug-likeness (QED) is 0.257. The average Bonchev–Trinajstić information content (AvgIpc) is 2.12. The van der Waals surface area contributed by atoms with Gasteiger partial charge in [0.15, 0.2) is 0 Å². The van der Waals surface area contributed by atoms with Crippen LogP contribution in [0.3, 0.4) is 0 Å². The van der Waals surface area contributed by atoms with Gasteiger partial charge < -0.3 is 31.3 Å². The Labute approximate surface area is 75.2 Å². The van der Waals surface area contributed by atoms with E-state index in [1.807, 2.05) is 0 Å². The van der Waals surface area contributed by atoms with Crippen LogP contribution in [0.15, 0.2) is 0 Å². The largest absolute Gasteiger partial charge is 0.393 e. The number of hydrogen-bond acceptors (Lipinski definition) is 6. The summed E-state index contributed by atoms with van der Waals surface area (Å²) in [7, 11) is 0. The van der Waals surface area contributed by atoms with Crippen molar-refractivity contribution >= 4 is 0 Å². The van der Waals surface area contributed by atoms with E-state index in [-0.39, 0.29) is 6.42 Å². The van der Waals surface area contributed by atoms with Crippen molar-refractivity contribution in [3.05, 3.63) is 0 Å². The maximum Gasteiger partial charge on any atom is 0.119 e. The Morgan fingerprint density at radius 2 is 1.85 bits per heavy atom. The Kier molecular flexibility index (Phi) is 2.91. The lowest BCUT2D eigenvalue weighted by molar-refractivity contribution is -0.197. The molecule has 0 bridgehead atoms. The number of aliphatic hydroxyl groups is 5.